The van der Waals surface area contributed by atoms with Crippen molar-refractivity contribution in [3.05, 3.63) is 44.7 Å². The molecule has 0 saturated heterocycles. The molecule has 33 heavy (non-hydrogen) atoms. The van der Waals surface area contributed by atoms with Gasteiger partial charge in [0.25, 0.3) is 0 Å². The van der Waals surface area contributed by atoms with Crippen LogP contribution in [0, 0.1) is 5.41 Å². The summed E-state index contributed by atoms with van der Waals surface area (Å²) in [5.41, 5.74) is 3.39. The number of carbonyl (C=O) groups excluding carboxylic acids is 2. The van der Waals surface area contributed by atoms with Crippen LogP contribution in [0.25, 0.3) is 0 Å². The summed E-state index contributed by atoms with van der Waals surface area (Å²) in [5, 5.41) is 3.40. The summed E-state index contributed by atoms with van der Waals surface area (Å²) in [6.07, 6.45) is 5.01. The fourth-order valence-electron chi connectivity index (χ4n) is 5.33. The molecule has 0 bridgehead atoms. The molecule has 3 aliphatic rings. The van der Waals surface area contributed by atoms with Gasteiger partial charge in [0.05, 0.1) is 19.8 Å². The highest BCUT2D eigenvalue weighted by molar-refractivity contribution is 9.10. The van der Waals surface area contributed by atoms with Crippen molar-refractivity contribution < 1.29 is 23.8 Å². The highest BCUT2D eigenvalue weighted by Crippen LogP contribution is 2.50. The van der Waals surface area contributed by atoms with Crippen molar-refractivity contribution in [1.29, 1.82) is 0 Å². The van der Waals surface area contributed by atoms with Gasteiger partial charge in [-0.15, -0.1) is 0 Å². The number of allylic oxidation sites excluding steroid dienone is 3. The molecule has 178 valence electrons. The lowest BCUT2D eigenvalue weighted by Crippen LogP contribution is -2.39. The molecule has 1 atom stereocenters. The first-order valence-corrected chi connectivity index (χ1v) is 12.3. The number of nitrogens with one attached hydrogen (secondary N) is 1. The van der Waals surface area contributed by atoms with Crippen LogP contribution in [-0.4, -0.2) is 32.1 Å². The Morgan fingerprint density at radius 3 is 2.36 bits per heavy atom. The monoisotopic (exact) mass is 517 g/mol. The number of halogens is 1. The lowest BCUT2D eigenvalue weighted by molar-refractivity contribution is -0.144. The summed E-state index contributed by atoms with van der Waals surface area (Å²) >= 11 is 3.67. The number of dihydropyridines is 1. The highest BCUT2D eigenvalue weighted by atomic mass is 79.9. The summed E-state index contributed by atoms with van der Waals surface area (Å²) in [5.74, 6) is 0.263. The average Bonchev–Trinajstić information content (AvgIpc) is 3.24. The van der Waals surface area contributed by atoms with E-state index in [1.54, 1.807) is 14.2 Å². The van der Waals surface area contributed by atoms with E-state index < -0.39 is 5.92 Å². The van der Waals surface area contributed by atoms with Gasteiger partial charge in [-0.25, -0.2) is 4.79 Å². The van der Waals surface area contributed by atoms with Gasteiger partial charge < -0.3 is 19.5 Å². The van der Waals surface area contributed by atoms with Crippen LogP contribution in [-0.2, 0) is 14.3 Å². The van der Waals surface area contributed by atoms with E-state index >= 15 is 0 Å². The number of carbonyl (C=O) groups is 2. The summed E-state index contributed by atoms with van der Waals surface area (Å²) in [6, 6.07) is 3.68. The second-order valence-corrected chi connectivity index (χ2v) is 10.8. The zero-order valence-corrected chi connectivity index (χ0v) is 21.6. The van der Waals surface area contributed by atoms with Gasteiger partial charge in [-0.3, -0.25) is 4.79 Å². The summed E-state index contributed by atoms with van der Waals surface area (Å²) in [6.45, 7) is 6.09. The molecule has 1 aliphatic heterocycles. The van der Waals surface area contributed by atoms with Crippen LogP contribution in [0.2, 0.25) is 0 Å². The molecular formula is C26H32BrNO5. The van der Waals surface area contributed by atoms with E-state index in [-0.39, 0.29) is 23.3 Å². The van der Waals surface area contributed by atoms with E-state index in [0.717, 1.165) is 53.5 Å². The van der Waals surface area contributed by atoms with Crippen molar-refractivity contribution in [1.82, 2.24) is 5.32 Å². The third-order valence-corrected chi connectivity index (χ3v) is 7.54. The molecule has 1 fully saturated rings. The van der Waals surface area contributed by atoms with Gasteiger partial charge in [0.1, 0.15) is 6.10 Å². The molecule has 1 heterocycles. The average molecular weight is 518 g/mol. The van der Waals surface area contributed by atoms with E-state index in [1.165, 1.54) is 0 Å². The van der Waals surface area contributed by atoms with Gasteiger partial charge in [-0.1, -0.05) is 29.8 Å². The maximum Gasteiger partial charge on any atom is 0.337 e. The Morgan fingerprint density at radius 1 is 1.09 bits per heavy atom. The number of benzene rings is 1. The van der Waals surface area contributed by atoms with E-state index in [0.29, 0.717) is 29.1 Å². The minimum atomic E-state index is -0.548. The largest absolute Gasteiger partial charge is 0.493 e. The number of Topliss-reactive ketones (excluding diaryl/α,β-unsaturated/α-hetero) is 1. The van der Waals surface area contributed by atoms with Crippen molar-refractivity contribution in [2.24, 2.45) is 5.41 Å². The van der Waals surface area contributed by atoms with Crippen LogP contribution in [0.3, 0.4) is 0 Å². The first-order chi connectivity index (χ1) is 15.6. The van der Waals surface area contributed by atoms with Gasteiger partial charge >= 0.3 is 5.97 Å². The Hall–Kier alpha value is -2.28. The summed E-state index contributed by atoms with van der Waals surface area (Å²) < 4.78 is 17.7. The second kappa shape index (κ2) is 9.16. The first-order valence-electron chi connectivity index (χ1n) is 11.5. The molecule has 2 aliphatic carbocycles. The van der Waals surface area contributed by atoms with Crippen LogP contribution in [0.1, 0.15) is 70.8 Å². The lowest BCUT2D eigenvalue weighted by Gasteiger charge is -2.39. The van der Waals surface area contributed by atoms with E-state index in [9.17, 15) is 9.59 Å². The van der Waals surface area contributed by atoms with Gasteiger partial charge in [-0.05, 0) is 62.1 Å². The number of ketones is 1. The molecular weight excluding hydrogens is 486 g/mol. The maximum atomic E-state index is 13.5. The first kappa shape index (κ1) is 23.9. The van der Waals surface area contributed by atoms with E-state index in [2.05, 4.69) is 35.1 Å². The Kier molecular flexibility index (Phi) is 6.63. The number of hydrogen-bond acceptors (Lipinski definition) is 6. The quantitative estimate of drug-likeness (QED) is 0.515. The molecule has 1 saturated carbocycles. The van der Waals surface area contributed by atoms with E-state index in [1.807, 2.05) is 19.1 Å². The molecule has 4 rings (SSSR count). The fourth-order valence-corrected chi connectivity index (χ4v) is 5.88. The Balaban J connectivity index is 1.86. The van der Waals surface area contributed by atoms with Crippen molar-refractivity contribution in [3.63, 3.8) is 0 Å². The molecule has 6 nitrogen and oxygen atoms in total. The predicted molar refractivity (Wildman–Crippen MR) is 129 cm³/mol. The predicted octanol–water partition coefficient (Wildman–Crippen LogP) is 5.56. The van der Waals surface area contributed by atoms with Gasteiger partial charge in [0.15, 0.2) is 17.3 Å². The Morgan fingerprint density at radius 2 is 1.73 bits per heavy atom. The number of methoxy groups -OCH3 is 2. The SMILES string of the molecule is COc1cc(Br)c([C@H]2C(C(=O)OC3CCCC3)=C(C)NC3=C2C(=O)CC(C)(C)C3)cc1OC. The van der Waals surface area contributed by atoms with E-state index in [4.69, 9.17) is 14.2 Å². The molecule has 1 N–H and O–H groups in total. The standard InChI is InChI=1S/C26H32BrNO5/c1-14-22(25(30)33-15-8-6-7-9-15)23(16-10-20(31-4)21(32-5)11-17(16)27)24-18(28-14)12-26(2,3)13-19(24)29/h10-11,15,23,28H,6-9,12-13H2,1-5H3/t23-/m0/s1. The minimum Gasteiger partial charge on any atom is -0.493 e. The molecule has 0 amide bonds. The van der Waals surface area contributed by atoms with Gasteiger partial charge in [0.2, 0.25) is 0 Å². The van der Waals surface area contributed by atoms with Crippen molar-refractivity contribution in [3.8, 4) is 11.5 Å². The molecule has 0 spiro atoms. The lowest BCUT2D eigenvalue weighted by atomic mass is 9.68. The smallest absolute Gasteiger partial charge is 0.337 e. The van der Waals surface area contributed by atoms with Crippen LogP contribution >= 0.6 is 15.9 Å². The van der Waals surface area contributed by atoms with Crippen molar-refractivity contribution in [2.75, 3.05) is 14.2 Å². The minimum absolute atomic E-state index is 0.0547. The summed E-state index contributed by atoms with van der Waals surface area (Å²) in [4.78, 5) is 27.0. The van der Waals surface area contributed by atoms with Crippen LogP contribution in [0.5, 0.6) is 11.5 Å². The zero-order chi connectivity index (χ0) is 23.9. The second-order valence-electron chi connectivity index (χ2n) is 9.97. The highest BCUT2D eigenvalue weighted by Gasteiger charge is 2.44. The fraction of sp³-hybridized carbons (Fsp3) is 0.538. The molecule has 0 aromatic heterocycles. The number of rotatable bonds is 5. The van der Waals surface area contributed by atoms with Crippen molar-refractivity contribution >= 4 is 27.7 Å². The molecule has 0 unspecified atom stereocenters. The number of hydrogen-bond donors (Lipinski definition) is 1. The third-order valence-electron chi connectivity index (χ3n) is 6.85. The normalized spacial score (nSPS) is 22.7. The maximum absolute atomic E-state index is 13.5. The zero-order valence-electron chi connectivity index (χ0n) is 20.0. The van der Waals surface area contributed by atoms with Crippen LogP contribution in [0.15, 0.2) is 39.1 Å². The number of esters is 1. The Bertz CT molecular complexity index is 1050. The van der Waals surface area contributed by atoms with Gasteiger partial charge in [-0.2, -0.15) is 0 Å². The molecule has 1 aromatic rings. The summed E-state index contributed by atoms with van der Waals surface area (Å²) in [7, 11) is 3.16. The van der Waals surface area contributed by atoms with Crippen molar-refractivity contribution in [2.45, 2.75) is 71.3 Å². The molecule has 0 radical (unpaired) electrons. The Labute approximate surface area is 203 Å². The van der Waals surface area contributed by atoms with Crippen LogP contribution in [0.4, 0.5) is 0 Å². The van der Waals surface area contributed by atoms with Crippen LogP contribution < -0.4 is 14.8 Å². The number of ether oxygens (including phenoxy) is 3. The third kappa shape index (κ3) is 4.57. The molecule has 1 aromatic carbocycles. The topological polar surface area (TPSA) is 73.9 Å². The molecule has 7 heteroatoms. The van der Waals surface area contributed by atoms with Gasteiger partial charge in [0, 0.05) is 33.8 Å².